The van der Waals surface area contributed by atoms with Crippen LogP contribution in [-0.4, -0.2) is 15.9 Å². The molecule has 0 saturated carbocycles. The Morgan fingerprint density at radius 3 is 2.40 bits per heavy atom. The number of hydrogen-bond acceptors (Lipinski definition) is 4. The summed E-state index contributed by atoms with van der Waals surface area (Å²) < 4.78 is 0. The summed E-state index contributed by atoms with van der Waals surface area (Å²) in [5.41, 5.74) is 3.77. The summed E-state index contributed by atoms with van der Waals surface area (Å²) in [6.07, 6.45) is 2.87. The number of nitro groups is 1. The molecule has 0 saturated heterocycles. The molecule has 1 amide bonds. The van der Waals surface area contributed by atoms with Crippen LogP contribution in [0.2, 0.25) is 0 Å². The zero-order valence-corrected chi connectivity index (χ0v) is 14.6. The lowest BCUT2D eigenvalue weighted by atomic mass is 10.1. The molecule has 0 fully saturated rings. The Hall–Kier alpha value is -3.06. The first-order valence-corrected chi connectivity index (χ1v) is 7.88. The fourth-order valence-corrected chi connectivity index (χ4v) is 2.23. The lowest BCUT2D eigenvalue weighted by Crippen LogP contribution is -2.32. The van der Waals surface area contributed by atoms with E-state index in [2.05, 4.69) is 10.6 Å². The van der Waals surface area contributed by atoms with Gasteiger partial charge in [-0.15, -0.1) is 0 Å². The monoisotopic (exact) mass is 355 g/mol. The molecule has 0 aliphatic heterocycles. The third-order valence-electron chi connectivity index (χ3n) is 3.53. The molecule has 0 bridgehead atoms. The molecule has 2 N–H and O–H groups in total. The number of hydrogen-bond donors (Lipinski definition) is 2. The van der Waals surface area contributed by atoms with E-state index in [0.29, 0.717) is 5.56 Å². The van der Waals surface area contributed by atoms with Gasteiger partial charge in [0, 0.05) is 23.9 Å². The van der Waals surface area contributed by atoms with Crippen LogP contribution in [0.15, 0.2) is 48.5 Å². The number of carbonyl (C=O) groups excluding carboxylic acids is 1. The van der Waals surface area contributed by atoms with Gasteiger partial charge in [-0.3, -0.25) is 20.2 Å². The average Bonchev–Trinajstić information content (AvgIpc) is 2.56. The molecule has 0 aliphatic carbocycles. The van der Waals surface area contributed by atoms with Crippen molar-refractivity contribution in [2.45, 2.75) is 13.8 Å². The summed E-state index contributed by atoms with van der Waals surface area (Å²) >= 11 is 5.11. The van der Waals surface area contributed by atoms with Gasteiger partial charge in [-0.1, -0.05) is 6.07 Å². The van der Waals surface area contributed by atoms with E-state index in [0.717, 1.165) is 11.3 Å². The molecule has 7 heteroatoms. The average molecular weight is 355 g/mol. The maximum Gasteiger partial charge on any atom is 0.269 e. The zero-order valence-electron chi connectivity index (χ0n) is 13.8. The minimum atomic E-state index is -0.475. The van der Waals surface area contributed by atoms with Crippen molar-refractivity contribution < 1.29 is 9.72 Å². The first kappa shape index (κ1) is 18.3. The molecule has 25 heavy (non-hydrogen) atoms. The second-order valence-electron chi connectivity index (χ2n) is 5.42. The van der Waals surface area contributed by atoms with Crippen LogP contribution < -0.4 is 10.6 Å². The van der Waals surface area contributed by atoms with Crippen LogP contribution in [0.1, 0.15) is 16.7 Å². The molecule has 2 rings (SSSR count). The summed E-state index contributed by atoms with van der Waals surface area (Å²) in [6.45, 7) is 4.01. The van der Waals surface area contributed by atoms with Crippen molar-refractivity contribution in [2.24, 2.45) is 0 Å². The summed E-state index contributed by atoms with van der Waals surface area (Å²) in [6, 6.07) is 11.7. The highest BCUT2D eigenvalue weighted by Crippen LogP contribution is 2.14. The smallest absolute Gasteiger partial charge is 0.269 e. The number of thiocarbonyl (C=S) groups is 1. The summed E-state index contributed by atoms with van der Waals surface area (Å²) in [5, 5.41) is 16.3. The van der Waals surface area contributed by atoms with Gasteiger partial charge >= 0.3 is 0 Å². The van der Waals surface area contributed by atoms with Gasteiger partial charge in [-0.05, 0) is 73.1 Å². The van der Waals surface area contributed by atoms with Crippen molar-refractivity contribution in [2.75, 3.05) is 5.32 Å². The third kappa shape index (κ3) is 5.50. The van der Waals surface area contributed by atoms with Gasteiger partial charge in [0.2, 0.25) is 5.91 Å². The molecule has 6 nitrogen and oxygen atoms in total. The largest absolute Gasteiger partial charge is 0.332 e. The Morgan fingerprint density at radius 2 is 1.80 bits per heavy atom. The van der Waals surface area contributed by atoms with E-state index in [-0.39, 0.29) is 16.7 Å². The number of nitro benzene ring substituents is 1. The number of amides is 1. The Bertz CT molecular complexity index is 845. The highest BCUT2D eigenvalue weighted by molar-refractivity contribution is 7.80. The van der Waals surface area contributed by atoms with Crippen LogP contribution in [0.3, 0.4) is 0 Å². The Labute approximate surface area is 150 Å². The van der Waals surface area contributed by atoms with E-state index >= 15 is 0 Å². The fourth-order valence-electron chi connectivity index (χ4n) is 2.01. The number of nitrogens with one attached hydrogen (secondary N) is 2. The molecule has 0 atom stereocenters. The number of aryl methyl sites for hydroxylation is 2. The number of carbonyl (C=O) groups is 1. The standard InChI is InChI=1S/C18H17N3O3S/c1-12-3-7-15(11-13(12)2)19-18(25)20-17(22)10-6-14-4-8-16(9-5-14)21(23)24/h3-11H,1-2H3,(H2,19,20,22,25)/b10-6+. The van der Waals surface area contributed by atoms with Crippen molar-refractivity contribution in [3.63, 3.8) is 0 Å². The predicted octanol–water partition coefficient (Wildman–Crippen LogP) is 3.74. The fraction of sp³-hybridized carbons (Fsp3) is 0.111. The number of benzene rings is 2. The quantitative estimate of drug-likeness (QED) is 0.378. The van der Waals surface area contributed by atoms with E-state index in [4.69, 9.17) is 12.2 Å². The van der Waals surface area contributed by atoms with Gasteiger partial charge in [-0.2, -0.15) is 0 Å². The molecular weight excluding hydrogens is 338 g/mol. The first-order valence-electron chi connectivity index (χ1n) is 7.47. The second kappa shape index (κ2) is 8.16. The zero-order chi connectivity index (χ0) is 18.4. The van der Waals surface area contributed by atoms with Crippen LogP contribution >= 0.6 is 12.2 Å². The van der Waals surface area contributed by atoms with Crippen molar-refractivity contribution in [3.8, 4) is 0 Å². The molecule has 0 unspecified atom stereocenters. The van der Waals surface area contributed by atoms with Crippen molar-refractivity contribution in [1.29, 1.82) is 0 Å². The van der Waals surface area contributed by atoms with E-state index in [1.165, 1.54) is 23.8 Å². The molecule has 0 aliphatic rings. The van der Waals surface area contributed by atoms with Crippen LogP contribution in [0, 0.1) is 24.0 Å². The van der Waals surface area contributed by atoms with E-state index in [1.807, 2.05) is 32.0 Å². The van der Waals surface area contributed by atoms with Gasteiger partial charge < -0.3 is 5.32 Å². The third-order valence-corrected chi connectivity index (χ3v) is 3.74. The molecule has 0 aromatic heterocycles. The van der Waals surface area contributed by atoms with Gasteiger partial charge in [0.1, 0.15) is 0 Å². The maximum absolute atomic E-state index is 11.9. The lowest BCUT2D eigenvalue weighted by molar-refractivity contribution is -0.384. The molecule has 2 aromatic carbocycles. The van der Waals surface area contributed by atoms with Crippen LogP contribution in [0.4, 0.5) is 11.4 Å². The molecule has 128 valence electrons. The summed E-state index contributed by atoms with van der Waals surface area (Å²) in [5.74, 6) is -0.389. The van der Waals surface area contributed by atoms with E-state index < -0.39 is 4.92 Å². The molecule has 0 spiro atoms. The Morgan fingerprint density at radius 1 is 1.12 bits per heavy atom. The minimum absolute atomic E-state index is 0.000343. The Balaban J connectivity index is 1.91. The molecule has 2 aromatic rings. The Kier molecular flexibility index (Phi) is 5.97. The molecule has 0 radical (unpaired) electrons. The van der Waals surface area contributed by atoms with Crippen LogP contribution in [-0.2, 0) is 4.79 Å². The topological polar surface area (TPSA) is 84.3 Å². The highest BCUT2D eigenvalue weighted by Gasteiger charge is 2.04. The van der Waals surface area contributed by atoms with Gasteiger partial charge in [0.05, 0.1) is 4.92 Å². The maximum atomic E-state index is 11.9. The van der Waals surface area contributed by atoms with E-state index in [1.54, 1.807) is 18.2 Å². The van der Waals surface area contributed by atoms with Gasteiger partial charge in [0.15, 0.2) is 5.11 Å². The lowest BCUT2D eigenvalue weighted by Gasteiger charge is -2.09. The number of anilines is 1. The predicted molar refractivity (Wildman–Crippen MR) is 102 cm³/mol. The highest BCUT2D eigenvalue weighted by atomic mass is 32.1. The van der Waals surface area contributed by atoms with Crippen molar-refractivity contribution in [3.05, 3.63) is 75.3 Å². The molecule has 0 heterocycles. The molecular formula is C18H17N3O3S. The van der Waals surface area contributed by atoms with Crippen molar-refractivity contribution >= 4 is 40.7 Å². The summed E-state index contributed by atoms with van der Waals surface area (Å²) in [4.78, 5) is 22.0. The number of rotatable bonds is 4. The number of nitrogens with zero attached hydrogens (tertiary/aromatic N) is 1. The SMILES string of the molecule is Cc1ccc(NC(=S)NC(=O)/C=C/c2ccc([N+](=O)[O-])cc2)cc1C. The van der Waals surface area contributed by atoms with Crippen LogP contribution in [0.5, 0.6) is 0 Å². The summed E-state index contributed by atoms with van der Waals surface area (Å²) in [7, 11) is 0. The van der Waals surface area contributed by atoms with Crippen LogP contribution in [0.25, 0.3) is 6.08 Å². The van der Waals surface area contributed by atoms with Crippen molar-refractivity contribution in [1.82, 2.24) is 5.32 Å². The van der Waals surface area contributed by atoms with E-state index in [9.17, 15) is 14.9 Å². The normalized spacial score (nSPS) is 10.5. The first-order chi connectivity index (χ1) is 11.8. The second-order valence-corrected chi connectivity index (χ2v) is 5.83. The van der Waals surface area contributed by atoms with Gasteiger partial charge in [-0.25, -0.2) is 0 Å². The minimum Gasteiger partial charge on any atom is -0.332 e. The van der Waals surface area contributed by atoms with Gasteiger partial charge in [0.25, 0.3) is 5.69 Å². The number of non-ortho nitro benzene ring substituents is 1.